The lowest BCUT2D eigenvalue weighted by atomic mass is 9.77. The van der Waals surface area contributed by atoms with E-state index in [0.29, 0.717) is 11.5 Å². The van der Waals surface area contributed by atoms with Gasteiger partial charge in [0.15, 0.2) is 0 Å². The van der Waals surface area contributed by atoms with Crippen LogP contribution in [-0.2, 0) is 6.18 Å². The first-order valence-corrected chi connectivity index (χ1v) is 5.41. The molecular weight excluding hydrogens is 215 g/mol. The van der Waals surface area contributed by atoms with Gasteiger partial charge < -0.3 is 5.73 Å². The summed E-state index contributed by atoms with van der Waals surface area (Å²) >= 11 is 0. The quantitative estimate of drug-likeness (QED) is 0.825. The molecule has 0 spiro atoms. The standard InChI is InChI=1S/C12H14F3N/c13-12(14,15)10-6-2-5-9(7-10)11(16)8-3-1-4-8/h2,5-8,11H,1,3-4,16H2/t11-/m1/s1. The summed E-state index contributed by atoms with van der Waals surface area (Å²) in [6, 6.07) is 5.10. The molecule has 0 amide bonds. The Hall–Kier alpha value is -1.03. The lowest BCUT2D eigenvalue weighted by molar-refractivity contribution is -0.137. The minimum Gasteiger partial charge on any atom is -0.324 e. The van der Waals surface area contributed by atoms with Gasteiger partial charge in [-0.05, 0) is 36.5 Å². The Morgan fingerprint density at radius 2 is 1.94 bits per heavy atom. The van der Waals surface area contributed by atoms with E-state index in [1.807, 2.05) is 0 Å². The SMILES string of the molecule is N[C@@H](c1cccc(C(F)(F)F)c1)C1CCC1. The van der Waals surface area contributed by atoms with Gasteiger partial charge in [0.25, 0.3) is 0 Å². The summed E-state index contributed by atoms with van der Waals surface area (Å²) in [5.74, 6) is 0.350. The molecule has 0 heterocycles. The van der Waals surface area contributed by atoms with Crippen molar-refractivity contribution in [2.24, 2.45) is 11.7 Å². The van der Waals surface area contributed by atoms with Crippen molar-refractivity contribution in [3.05, 3.63) is 35.4 Å². The molecule has 1 atom stereocenters. The molecule has 0 radical (unpaired) electrons. The van der Waals surface area contributed by atoms with Crippen LogP contribution in [0.3, 0.4) is 0 Å². The van der Waals surface area contributed by atoms with Crippen molar-refractivity contribution in [1.82, 2.24) is 0 Å². The van der Waals surface area contributed by atoms with Crippen molar-refractivity contribution in [3.8, 4) is 0 Å². The molecule has 2 N–H and O–H groups in total. The number of nitrogens with two attached hydrogens (primary N) is 1. The third kappa shape index (κ3) is 2.21. The maximum absolute atomic E-state index is 12.5. The zero-order chi connectivity index (χ0) is 11.8. The molecule has 1 aromatic rings. The molecule has 1 saturated carbocycles. The molecular formula is C12H14F3N. The van der Waals surface area contributed by atoms with Crippen LogP contribution in [0.5, 0.6) is 0 Å². The summed E-state index contributed by atoms with van der Waals surface area (Å²) in [4.78, 5) is 0. The van der Waals surface area contributed by atoms with Gasteiger partial charge >= 0.3 is 6.18 Å². The molecule has 0 unspecified atom stereocenters. The largest absolute Gasteiger partial charge is 0.416 e. The zero-order valence-corrected chi connectivity index (χ0v) is 8.80. The fourth-order valence-electron chi connectivity index (χ4n) is 1.99. The Morgan fingerprint density at radius 1 is 1.25 bits per heavy atom. The molecule has 1 nitrogen and oxygen atoms in total. The van der Waals surface area contributed by atoms with E-state index in [-0.39, 0.29) is 6.04 Å². The van der Waals surface area contributed by atoms with Crippen LogP contribution in [0.1, 0.15) is 36.4 Å². The van der Waals surface area contributed by atoms with Crippen LogP contribution in [0.25, 0.3) is 0 Å². The Balaban J connectivity index is 2.21. The number of halogens is 3. The van der Waals surface area contributed by atoms with Crippen LogP contribution in [0.4, 0.5) is 13.2 Å². The van der Waals surface area contributed by atoms with E-state index in [2.05, 4.69) is 0 Å². The van der Waals surface area contributed by atoms with Crippen molar-refractivity contribution in [2.75, 3.05) is 0 Å². The second-order valence-electron chi connectivity index (χ2n) is 4.34. The normalized spacial score (nSPS) is 19.2. The van der Waals surface area contributed by atoms with E-state index in [1.54, 1.807) is 6.07 Å². The van der Waals surface area contributed by atoms with Crippen molar-refractivity contribution in [3.63, 3.8) is 0 Å². The number of rotatable bonds is 2. The zero-order valence-electron chi connectivity index (χ0n) is 8.80. The molecule has 1 aromatic carbocycles. The molecule has 2 rings (SSSR count). The number of alkyl halides is 3. The van der Waals surface area contributed by atoms with Crippen LogP contribution in [0, 0.1) is 5.92 Å². The summed E-state index contributed by atoms with van der Waals surface area (Å²) in [6.07, 6.45) is -1.10. The maximum Gasteiger partial charge on any atom is 0.416 e. The van der Waals surface area contributed by atoms with Crippen molar-refractivity contribution < 1.29 is 13.2 Å². The molecule has 1 aliphatic carbocycles. The molecule has 0 saturated heterocycles. The minimum atomic E-state index is -4.28. The van der Waals surface area contributed by atoms with Gasteiger partial charge in [-0.1, -0.05) is 18.6 Å². The first kappa shape index (κ1) is 11.5. The van der Waals surface area contributed by atoms with E-state index in [0.717, 1.165) is 25.3 Å². The molecule has 4 heteroatoms. The average Bonchev–Trinajstić information content (AvgIpc) is 2.14. The number of hydrogen-bond donors (Lipinski definition) is 1. The van der Waals surface area contributed by atoms with Crippen molar-refractivity contribution in [1.29, 1.82) is 0 Å². The van der Waals surface area contributed by atoms with Gasteiger partial charge in [-0.25, -0.2) is 0 Å². The molecule has 0 bridgehead atoms. The second-order valence-corrected chi connectivity index (χ2v) is 4.34. The molecule has 88 valence electrons. The first-order chi connectivity index (χ1) is 7.48. The van der Waals surface area contributed by atoms with E-state index < -0.39 is 11.7 Å². The van der Waals surface area contributed by atoms with Gasteiger partial charge in [0.1, 0.15) is 0 Å². The highest BCUT2D eigenvalue weighted by atomic mass is 19.4. The van der Waals surface area contributed by atoms with Crippen LogP contribution in [-0.4, -0.2) is 0 Å². The van der Waals surface area contributed by atoms with Gasteiger partial charge in [-0.2, -0.15) is 13.2 Å². The summed E-state index contributed by atoms with van der Waals surface area (Å²) in [5.41, 5.74) is 5.93. The lowest BCUT2D eigenvalue weighted by Gasteiger charge is -2.31. The van der Waals surface area contributed by atoms with Gasteiger partial charge in [-0.3, -0.25) is 0 Å². The fourth-order valence-corrected chi connectivity index (χ4v) is 1.99. The average molecular weight is 229 g/mol. The van der Waals surface area contributed by atoms with Gasteiger partial charge in [0.2, 0.25) is 0 Å². The van der Waals surface area contributed by atoms with Crippen molar-refractivity contribution in [2.45, 2.75) is 31.5 Å². The molecule has 16 heavy (non-hydrogen) atoms. The first-order valence-electron chi connectivity index (χ1n) is 5.41. The fraction of sp³-hybridized carbons (Fsp3) is 0.500. The summed E-state index contributed by atoms with van der Waals surface area (Å²) < 4.78 is 37.5. The maximum atomic E-state index is 12.5. The minimum absolute atomic E-state index is 0.254. The topological polar surface area (TPSA) is 26.0 Å². The van der Waals surface area contributed by atoms with E-state index in [9.17, 15) is 13.2 Å². The Kier molecular flexibility index (Phi) is 2.93. The number of hydrogen-bond acceptors (Lipinski definition) is 1. The highest BCUT2D eigenvalue weighted by Gasteiger charge is 2.32. The highest BCUT2D eigenvalue weighted by molar-refractivity contribution is 5.28. The van der Waals surface area contributed by atoms with Crippen LogP contribution < -0.4 is 5.73 Å². The molecule has 1 fully saturated rings. The monoisotopic (exact) mass is 229 g/mol. The smallest absolute Gasteiger partial charge is 0.324 e. The predicted molar refractivity (Wildman–Crippen MR) is 55.7 cm³/mol. The van der Waals surface area contributed by atoms with Crippen LogP contribution in [0.15, 0.2) is 24.3 Å². The lowest BCUT2D eigenvalue weighted by Crippen LogP contribution is -2.27. The number of benzene rings is 1. The van der Waals surface area contributed by atoms with E-state index >= 15 is 0 Å². The highest BCUT2D eigenvalue weighted by Crippen LogP contribution is 2.37. The summed E-state index contributed by atoms with van der Waals surface area (Å²) in [5, 5.41) is 0. The third-order valence-corrected chi connectivity index (χ3v) is 3.26. The predicted octanol–water partition coefficient (Wildman–Crippen LogP) is 3.51. The van der Waals surface area contributed by atoms with Gasteiger partial charge in [0.05, 0.1) is 5.56 Å². The van der Waals surface area contributed by atoms with Gasteiger partial charge in [0, 0.05) is 6.04 Å². The third-order valence-electron chi connectivity index (χ3n) is 3.26. The Labute approximate surface area is 92.5 Å². The molecule has 0 aromatic heterocycles. The molecule has 1 aliphatic rings. The summed E-state index contributed by atoms with van der Waals surface area (Å²) in [6.45, 7) is 0. The van der Waals surface area contributed by atoms with E-state index in [4.69, 9.17) is 5.73 Å². The van der Waals surface area contributed by atoms with Gasteiger partial charge in [-0.15, -0.1) is 0 Å². The van der Waals surface area contributed by atoms with Crippen LogP contribution in [0.2, 0.25) is 0 Å². The van der Waals surface area contributed by atoms with Crippen LogP contribution >= 0.6 is 0 Å². The van der Waals surface area contributed by atoms with Crippen molar-refractivity contribution >= 4 is 0 Å². The molecule has 0 aliphatic heterocycles. The second kappa shape index (κ2) is 4.09. The Morgan fingerprint density at radius 3 is 2.44 bits per heavy atom. The van der Waals surface area contributed by atoms with E-state index in [1.165, 1.54) is 12.1 Å². The summed E-state index contributed by atoms with van der Waals surface area (Å²) in [7, 11) is 0. The Bertz CT molecular complexity index is 369.